The highest BCUT2D eigenvalue weighted by molar-refractivity contribution is 5.94. The number of amides is 2. The Morgan fingerprint density at radius 1 is 0.576 bits per heavy atom. The van der Waals surface area contributed by atoms with Crippen LogP contribution < -0.4 is 10.6 Å². The van der Waals surface area contributed by atoms with Gasteiger partial charge >= 0.3 is 0 Å². The van der Waals surface area contributed by atoms with Gasteiger partial charge in [-0.1, -0.05) is 12.1 Å². The second kappa shape index (κ2) is 10.7. The van der Waals surface area contributed by atoms with Gasteiger partial charge in [0.15, 0.2) is 0 Å². The van der Waals surface area contributed by atoms with Gasteiger partial charge in [0.2, 0.25) is 0 Å². The van der Waals surface area contributed by atoms with E-state index >= 15 is 0 Å². The minimum atomic E-state index is -0.212. The van der Waals surface area contributed by atoms with E-state index in [0.29, 0.717) is 42.0 Å². The average Bonchev–Trinajstić information content (AvgIpc) is 2.89. The number of hydrogen-bond donors (Lipinski definition) is 2. The number of hydrogen-bond acceptors (Lipinski definition) is 6. The Hall–Kier alpha value is -4.46. The Labute approximate surface area is 191 Å². The Balaban J connectivity index is 1.19. The van der Waals surface area contributed by atoms with E-state index in [1.165, 1.54) is 12.4 Å². The van der Waals surface area contributed by atoms with Crippen LogP contribution in [0.3, 0.4) is 0 Å². The summed E-state index contributed by atoms with van der Waals surface area (Å²) < 4.78 is 0. The lowest BCUT2D eigenvalue weighted by molar-refractivity contribution is 0.0951. The molecule has 0 saturated heterocycles. The molecule has 0 aliphatic rings. The number of nitrogens with one attached hydrogen (secondary N) is 2. The molecule has 2 amide bonds. The summed E-state index contributed by atoms with van der Waals surface area (Å²) in [5.41, 5.74) is 3.86. The number of carbonyl (C=O) groups is 2. The van der Waals surface area contributed by atoms with E-state index in [1.807, 2.05) is 36.4 Å². The van der Waals surface area contributed by atoms with Gasteiger partial charge in [0.05, 0.1) is 33.9 Å². The van der Waals surface area contributed by atoms with Crippen molar-refractivity contribution in [1.82, 2.24) is 30.6 Å². The van der Waals surface area contributed by atoms with Crippen molar-refractivity contribution in [2.75, 3.05) is 13.1 Å². The third-order valence-electron chi connectivity index (χ3n) is 4.83. The zero-order chi connectivity index (χ0) is 22.9. The van der Waals surface area contributed by atoms with E-state index in [9.17, 15) is 9.59 Å². The first-order valence-corrected chi connectivity index (χ1v) is 10.5. The topological polar surface area (TPSA) is 110 Å². The van der Waals surface area contributed by atoms with E-state index in [4.69, 9.17) is 0 Å². The predicted molar refractivity (Wildman–Crippen MR) is 124 cm³/mol. The molecule has 0 spiro atoms. The van der Waals surface area contributed by atoms with Crippen molar-refractivity contribution in [2.45, 2.75) is 6.42 Å². The molecule has 4 aromatic heterocycles. The molecule has 33 heavy (non-hydrogen) atoms. The van der Waals surface area contributed by atoms with Crippen LogP contribution in [0.2, 0.25) is 0 Å². The summed E-state index contributed by atoms with van der Waals surface area (Å²) in [6, 6.07) is 18.1. The van der Waals surface area contributed by atoms with Crippen molar-refractivity contribution in [2.24, 2.45) is 0 Å². The van der Waals surface area contributed by atoms with Crippen molar-refractivity contribution in [3.05, 3.63) is 96.6 Å². The van der Waals surface area contributed by atoms with E-state index in [-0.39, 0.29) is 11.8 Å². The van der Waals surface area contributed by atoms with Gasteiger partial charge in [-0.2, -0.15) is 0 Å². The molecule has 164 valence electrons. The van der Waals surface area contributed by atoms with Crippen LogP contribution in [-0.2, 0) is 0 Å². The molecule has 0 fully saturated rings. The first kappa shape index (κ1) is 21.8. The summed E-state index contributed by atoms with van der Waals surface area (Å²) in [5, 5.41) is 5.66. The second-order valence-electron chi connectivity index (χ2n) is 7.16. The lowest BCUT2D eigenvalue weighted by atomic mass is 10.2. The summed E-state index contributed by atoms with van der Waals surface area (Å²) in [4.78, 5) is 41.7. The lowest BCUT2D eigenvalue weighted by Gasteiger charge is -2.08. The molecule has 0 aliphatic carbocycles. The van der Waals surface area contributed by atoms with Gasteiger partial charge in [-0.25, -0.2) is 0 Å². The molecule has 8 nitrogen and oxygen atoms in total. The maximum Gasteiger partial charge on any atom is 0.252 e. The van der Waals surface area contributed by atoms with Crippen LogP contribution in [0.25, 0.3) is 22.8 Å². The van der Waals surface area contributed by atoms with Crippen LogP contribution in [0.15, 0.2) is 85.5 Å². The minimum Gasteiger partial charge on any atom is -0.352 e. The molecular weight excluding hydrogens is 416 g/mol. The molecule has 0 saturated carbocycles. The van der Waals surface area contributed by atoms with Crippen molar-refractivity contribution >= 4 is 11.8 Å². The standard InChI is InChI=1S/C25H22N6O2/c32-24(18-8-10-22(30-16-18)20-6-1-3-12-26-20)28-14-5-15-29-25(33)19-9-11-23(31-17-19)21-7-2-4-13-27-21/h1-4,6-13,16-17H,5,14-15H2,(H,28,32)(H,29,33). The third kappa shape index (κ3) is 5.82. The largest absolute Gasteiger partial charge is 0.352 e. The Bertz CT molecular complexity index is 1100. The summed E-state index contributed by atoms with van der Waals surface area (Å²) >= 11 is 0. The van der Waals surface area contributed by atoms with Crippen molar-refractivity contribution in [1.29, 1.82) is 0 Å². The van der Waals surface area contributed by atoms with E-state index in [1.54, 1.807) is 36.7 Å². The first-order chi connectivity index (χ1) is 16.2. The maximum atomic E-state index is 12.3. The van der Waals surface area contributed by atoms with E-state index < -0.39 is 0 Å². The van der Waals surface area contributed by atoms with Crippen molar-refractivity contribution in [3.8, 4) is 22.8 Å². The SMILES string of the molecule is O=C(NCCCNC(=O)c1ccc(-c2ccccn2)nc1)c1ccc(-c2ccccn2)nc1. The molecule has 0 aliphatic heterocycles. The Kier molecular flexibility index (Phi) is 7.07. The van der Waals surface area contributed by atoms with Gasteiger partial charge < -0.3 is 10.6 Å². The minimum absolute atomic E-state index is 0.212. The van der Waals surface area contributed by atoms with Gasteiger partial charge in [0.25, 0.3) is 11.8 Å². The van der Waals surface area contributed by atoms with Gasteiger partial charge in [-0.3, -0.25) is 29.5 Å². The fourth-order valence-corrected chi connectivity index (χ4v) is 3.08. The monoisotopic (exact) mass is 438 g/mol. The zero-order valence-corrected chi connectivity index (χ0v) is 17.8. The van der Waals surface area contributed by atoms with Crippen LogP contribution in [0, 0.1) is 0 Å². The number of pyridine rings is 4. The molecule has 4 aromatic rings. The van der Waals surface area contributed by atoms with Gasteiger partial charge in [0, 0.05) is 37.9 Å². The van der Waals surface area contributed by atoms with Crippen LogP contribution in [-0.4, -0.2) is 44.8 Å². The molecular formula is C25H22N6O2. The number of nitrogens with zero attached hydrogens (tertiary/aromatic N) is 4. The van der Waals surface area contributed by atoms with E-state index in [0.717, 1.165) is 11.4 Å². The Morgan fingerprint density at radius 2 is 1.03 bits per heavy atom. The molecule has 2 N–H and O–H groups in total. The molecule has 0 aromatic carbocycles. The highest BCUT2D eigenvalue weighted by atomic mass is 16.2. The van der Waals surface area contributed by atoms with Gasteiger partial charge in [-0.05, 0) is 55.0 Å². The normalized spacial score (nSPS) is 10.4. The zero-order valence-electron chi connectivity index (χ0n) is 17.8. The summed E-state index contributed by atoms with van der Waals surface area (Å²) in [6.07, 6.45) is 7.05. The van der Waals surface area contributed by atoms with E-state index in [2.05, 4.69) is 30.6 Å². The number of rotatable bonds is 8. The third-order valence-corrected chi connectivity index (χ3v) is 4.83. The quantitative estimate of drug-likeness (QED) is 0.409. The second-order valence-corrected chi connectivity index (χ2v) is 7.16. The smallest absolute Gasteiger partial charge is 0.252 e. The number of aromatic nitrogens is 4. The molecule has 0 atom stereocenters. The van der Waals surface area contributed by atoms with Crippen LogP contribution in [0.4, 0.5) is 0 Å². The van der Waals surface area contributed by atoms with Crippen LogP contribution >= 0.6 is 0 Å². The Morgan fingerprint density at radius 3 is 1.39 bits per heavy atom. The van der Waals surface area contributed by atoms with Gasteiger partial charge in [-0.15, -0.1) is 0 Å². The summed E-state index contributed by atoms with van der Waals surface area (Å²) in [6.45, 7) is 0.857. The molecule has 8 heteroatoms. The highest BCUT2D eigenvalue weighted by Crippen LogP contribution is 2.14. The fourth-order valence-electron chi connectivity index (χ4n) is 3.08. The number of carbonyl (C=O) groups excluding carboxylic acids is 2. The molecule has 4 rings (SSSR count). The van der Waals surface area contributed by atoms with Crippen LogP contribution in [0.1, 0.15) is 27.1 Å². The molecule has 0 bridgehead atoms. The lowest BCUT2D eigenvalue weighted by Crippen LogP contribution is -2.30. The molecule has 0 radical (unpaired) electrons. The molecule has 4 heterocycles. The van der Waals surface area contributed by atoms with Crippen LogP contribution in [0.5, 0.6) is 0 Å². The van der Waals surface area contributed by atoms with Crippen molar-refractivity contribution < 1.29 is 9.59 Å². The average molecular weight is 438 g/mol. The summed E-state index contributed by atoms with van der Waals surface area (Å²) in [5.74, 6) is -0.425. The molecule has 0 unspecified atom stereocenters. The first-order valence-electron chi connectivity index (χ1n) is 10.5. The van der Waals surface area contributed by atoms with Gasteiger partial charge in [0.1, 0.15) is 0 Å². The van der Waals surface area contributed by atoms with Crippen molar-refractivity contribution in [3.63, 3.8) is 0 Å². The maximum absolute atomic E-state index is 12.3. The highest BCUT2D eigenvalue weighted by Gasteiger charge is 2.09. The predicted octanol–water partition coefficient (Wildman–Crippen LogP) is 3.15. The fraction of sp³-hybridized carbons (Fsp3) is 0.120. The summed E-state index contributed by atoms with van der Waals surface area (Å²) in [7, 11) is 0.